The molecule has 8 N–H and O–H groups in total. The van der Waals surface area contributed by atoms with Gasteiger partial charge in [0.05, 0.1) is 82.7 Å². The van der Waals surface area contributed by atoms with Crippen molar-refractivity contribution in [1.82, 2.24) is 119 Å². The number of aromatic amines is 4. The first kappa shape index (κ1) is 88.3. The molecule has 12 aromatic heterocycles. The molecule has 16 aromatic rings. The molecule has 0 aliphatic carbocycles. The van der Waals surface area contributed by atoms with Crippen LogP contribution in [-0.2, 0) is 19.2 Å². The minimum absolute atomic E-state index is 0.0286. The molecule has 0 saturated carbocycles. The van der Waals surface area contributed by atoms with Crippen LogP contribution in [-0.4, -0.2) is 220 Å². The molecule has 4 amide bonds. The van der Waals surface area contributed by atoms with Gasteiger partial charge in [0.2, 0.25) is 47.1 Å². The number of imidazole rings is 4. The lowest BCUT2D eigenvalue weighted by atomic mass is 10.0. The molecule has 4 fully saturated rings. The van der Waals surface area contributed by atoms with Crippen molar-refractivity contribution in [2.45, 2.75) is 169 Å². The number of piperidine rings is 4. The SMILES string of the molecule is CC(=O)N1CCC(Oc2nc(C(C)Nc3ncnc4nc[nH]c34)cc3cccc(C)c23)CC1.CC(=O)N1CCC(Oc2nc(C(C)Nc3ncnc4nc[nH]c34)cc3cccc(C)c23)CC1.CC(=O)N1CCC(Oc2nc(C(C)Nc3ncnc4nc[nH]c34)cc3cccc(Cl)c23)CC1.CC(=O)N1CCC(Oc2nc(C(C)Nc3ncnc4nc[nH]c34)cc3ccccc23)CC1. The smallest absolute Gasteiger partial charge is 0.223 e. The summed E-state index contributed by atoms with van der Waals surface area (Å²) in [6, 6.07) is 34.0. The third-order valence-corrected chi connectivity index (χ3v) is 24.7. The van der Waals surface area contributed by atoms with E-state index in [1.165, 1.54) is 25.3 Å². The Morgan fingerprint density at radius 2 is 0.611 bits per heavy atom. The lowest BCUT2D eigenvalue weighted by Gasteiger charge is -2.31. The van der Waals surface area contributed by atoms with Crippen LogP contribution < -0.4 is 40.2 Å². The largest absolute Gasteiger partial charge is 0.474 e. The zero-order valence-corrected chi connectivity index (χ0v) is 75.2. The van der Waals surface area contributed by atoms with Gasteiger partial charge >= 0.3 is 0 Å². The minimum Gasteiger partial charge on any atom is -0.474 e. The first-order valence-corrected chi connectivity index (χ1v) is 44.5. The van der Waals surface area contributed by atoms with Gasteiger partial charge in [-0.25, -0.2) is 79.7 Å². The number of fused-ring (bicyclic) bond motifs is 8. The summed E-state index contributed by atoms with van der Waals surface area (Å²) in [4.78, 5) is 137. The fourth-order valence-electron chi connectivity index (χ4n) is 17.0. The summed E-state index contributed by atoms with van der Waals surface area (Å²) < 4.78 is 25.7. The van der Waals surface area contributed by atoms with E-state index in [-0.39, 0.29) is 72.2 Å². The van der Waals surface area contributed by atoms with Crippen molar-refractivity contribution in [2.24, 2.45) is 0 Å². The Morgan fingerprint density at radius 1 is 0.344 bits per heavy atom. The number of nitrogens with one attached hydrogen (secondary N) is 8. The number of likely N-dealkylation sites (tertiary alicyclic amines) is 4. The number of aryl methyl sites for hydroxylation is 2. The molecule has 131 heavy (non-hydrogen) atoms. The van der Waals surface area contributed by atoms with Crippen LogP contribution in [0.3, 0.4) is 0 Å². The van der Waals surface area contributed by atoms with Crippen LogP contribution in [0.5, 0.6) is 23.5 Å². The maximum absolute atomic E-state index is 11.7. The number of hydrogen-bond acceptors (Lipinski definition) is 28. The molecule has 4 unspecified atom stereocenters. The van der Waals surface area contributed by atoms with Crippen LogP contribution in [0.2, 0.25) is 5.02 Å². The fourth-order valence-corrected chi connectivity index (χ4v) is 17.3. The van der Waals surface area contributed by atoms with Crippen LogP contribution in [0.1, 0.15) is 165 Å². The molecule has 4 aromatic carbocycles. The fraction of sp³-hybridized carbons (Fsp3) is 0.362. The summed E-state index contributed by atoms with van der Waals surface area (Å²) in [7, 11) is 0. The highest BCUT2D eigenvalue weighted by atomic mass is 35.5. The average molecular weight is 1790 g/mol. The first-order chi connectivity index (χ1) is 63.6. The number of nitrogens with zero attached hydrogens (tertiary/aromatic N) is 20. The van der Waals surface area contributed by atoms with E-state index in [1.54, 1.807) is 53.0 Å². The third-order valence-electron chi connectivity index (χ3n) is 24.4. The van der Waals surface area contributed by atoms with E-state index < -0.39 is 0 Å². The van der Waals surface area contributed by atoms with Crippen LogP contribution in [0.25, 0.3) is 87.7 Å². The van der Waals surface area contributed by atoms with Crippen molar-refractivity contribution in [3.63, 3.8) is 0 Å². The maximum Gasteiger partial charge on any atom is 0.223 e. The van der Waals surface area contributed by atoms with Gasteiger partial charge in [-0.15, -0.1) is 0 Å². The number of amides is 4. The molecule has 36 nitrogen and oxygen atoms in total. The van der Waals surface area contributed by atoms with Gasteiger partial charge in [0.15, 0.2) is 45.9 Å². The van der Waals surface area contributed by atoms with Crippen LogP contribution in [0, 0.1) is 13.8 Å². The summed E-state index contributed by atoms with van der Waals surface area (Å²) in [5, 5.41) is 22.3. The summed E-state index contributed by atoms with van der Waals surface area (Å²) in [5.41, 5.74) is 11.1. The second-order valence-electron chi connectivity index (χ2n) is 33.4. The Hall–Kier alpha value is -14.7. The molecule has 0 spiro atoms. The molecule has 4 aliphatic rings. The first-order valence-electron chi connectivity index (χ1n) is 44.2. The van der Waals surface area contributed by atoms with E-state index in [0.29, 0.717) is 127 Å². The number of anilines is 4. The van der Waals surface area contributed by atoms with Gasteiger partial charge in [0, 0.05) is 148 Å². The van der Waals surface area contributed by atoms with Crippen molar-refractivity contribution in [3.8, 4) is 23.5 Å². The Labute approximate surface area is 758 Å². The van der Waals surface area contributed by atoms with Gasteiger partial charge in [-0.05, 0) is 111 Å². The Kier molecular flexibility index (Phi) is 26.6. The van der Waals surface area contributed by atoms with E-state index in [0.717, 1.165) is 150 Å². The number of benzene rings is 4. The van der Waals surface area contributed by atoms with Crippen LogP contribution >= 0.6 is 11.6 Å². The number of rotatable bonds is 20. The second kappa shape index (κ2) is 39.5. The molecule has 674 valence electrons. The van der Waals surface area contributed by atoms with E-state index >= 15 is 0 Å². The van der Waals surface area contributed by atoms with Gasteiger partial charge in [-0.2, -0.15) is 0 Å². The minimum atomic E-state index is -0.170. The van der Waals surface area contributed by atoms with E-state index in [2.05, 4.69) is 163 Å². The van der Waals surface area contributed by atoms with Crippen molar-refractivity contribution >= 4 is 146 Å². The van der Waals surface area contributed by atoms with Crippen molar-refractivity contribution in [3.05, 3.63) is 193 Å². The molecule has 16 heterocycles. The Bertz CT molecular complexity index is 6340. The summed E-state index contributed by atoms with van der Waals surface area (Å²) >= 11 is 6.54. The monoisotopic (exact) mass is 1790 g/mol. The molecule has 0 radical (unpaired) electrons. The van der Waals surface area contributed by atoms with Crippen LogP contribution in [0.15, 0.2) is 154 Å². The highest BCUT2D eigenvalue weighted by Crippen LogP contribution is 2.40. The molecule has 4 aliphatic heterocycles. The zero-order valence-electron chi connectivity index (χ0n) is 74.5. The van der Waals surface area contributed by atoms with Crippen molar-refractivity contribution in [1.29, 1.82) is 0 Å². The number of ether oxygens (including phenoxy) is 4. The van der Waals surface area contributed by atoms with Gasteiger partial charge in [0.25, 0.3) is 0 Å². The van der Waals surface area contributed by atoms with Gasteiger partial charge < -0.3 is 79.8 Å². The Morgan fingerprint density at radius 3 is 0.931 bits per heavy atom. The Balaban J connectivity index is 0.000000122. The number of pyridine rings is 4. The molecular weight excluding hydrogens is 1680 g/mol. The molecule has 37 heteroatoms. The number of carbonyl (C=O) groups is 4. The number of aromatic nitrogens is 20. The van der Waals surface area contributed by atoms with E-state index in [4.69, 9.17) is 50.5 Å². The van der Waals surface area contributed by atoms with Crippen LogP contribution in [0.4, 0.5) is 23.3 Å². The van der Waals surface area contributed by atoms with Crippen molar-refractivity contribution in [2.75, 3.05) is 73.6 Å². The number of carbonyl (C=O) groups excluding carboxylic acids is 4. The third kappa shape index (κ3) is 20.3. The predicted molar refractivity (Wildman–Crippen MR) is 500 cm³/mol. The van der Waals surface area contributed by atoms with Gasteiger partial charge in [-0.1, -0.05) is 78.3 Å². The quantitative estimate of drug-likeness (QED) is 0.0351. The standard InChI is InChI=1S/2C24H27N7O2.C23H24ClN7O2.C23H25N7O2/c2*1-14-5-4-6-17-11-19(15(2)29-23-21-22(26-12-25-21)27-13-28-23)30-24(20(14)17)33-18-7-9-31(10-8-18)16(3)32;1-13(29-22-20-21(26-11-25-20)27-12-28-22)18-10-15-4-3-5-17(24)19(15)23(30-18)33-16-6-8-31(9-7-16)14(2)32;1-14(28-22-20-21(25-12-24-20)26-13-27-22)19-11-16-5-3-4-6-18(16)23(29-19)32-17-7-9-30(10-8-17)15(2)31/h2*4-6,11-13,15,18H,7-10H2,1-3H3,(H2,25,26,27,28,29);3-5,10-13,16H,6-9H2,1-2H3,(H2,25,26,27,28,29);3-6,11-14,17H,7-10H2,1-2H3,(H2,24,25,26,27,28). The normalized spacial score (nSPS) is 15.7. The predicted octanol–water partition coefficient (Wildman–Crippen LogP) is 15.1. The van der Waals surface area contributed by atoms with Crippen molar-refractivity contribution < 1.29 is 38.1 Å². The maximum atomic E-state index is 11.7. The summed E-state index contributed by atoms with van der Waals surface area (Å²) in [6.07, 6.45) is 18.7. The van der Waals surface area contributed by atoms with Gasteiger partial charge in [-0.3, -0.25) is 19.2 Å². The summed E-state index contributed by atoms with van der Waals surface area (Å²) in [6.45, 7) is 24.4. The number of hydrogen-bond donors (Lipinski definition) is 8. The van der Waals surface area contributed by atoms with E-state index in [9.17, 15) is 19.2 Å². The molecule has 0 bridgehead atoms. The average Bonchev–Trinajstić information content (AvgIpc) is 1.65. The molecule has 4 saturated heterocycles. The summed E-state index contributed by atoms with van der Waals surface area (Å²) in [5.74, 6) is 5.55. The topological polar surface area (TPSA) is 436 Å². The molecule has 4 atom stereocenters. The number of halogens is 1. The zero-order chi connectivity index (χ0) is 90.9. The lowest BCUT2D eigenvalue weighted by Crippen LogP contribution is -2.40. The van der Waals surface area contributed by atoms with Gasteiger partial charge in [0.1, 0.15) is 71.8 Å². The van der Waals surface area contributed by atoms with E-state index in [1.807, 2.05) is 102 Å². The molecular formula is C94H103ClN28O8. The lowest BCUT2D eigenvalue weighted by molar-refractivity contribution is -0.131. The molecule has 20 rings (SSSR count). The second-order valence-corrected chi connectivity index (χ2v) is 33.8. The number of H-pyrrole nitrogens is 4. The highest BCUT2D eigenvalue weighted by molar-refractivity contribution is 6.36. The highest BCUT2D eigenvalue weighted by Gasteiger charge is 2.31.